The minimum atomic E-state index is -0.949. The molecule has 0 spiro atoms. The Morgan fingerprint density at radius 2 is 2.33 bits per heavy atom. The van der Waals surface area contributed by atoms with Gasteiger partial charge in [-0.25, -0.2) is 9.78 Å². The van der Waals surface area contributed by atoms with Gasteiger partial charge in [0.25, 0.3) is 0 Å². The standard InChI is InChI=1S/C14H15ClN2O2S2/c15-11-7-20-6-10(11)5-17-3-1-2-9(4-17)13-16-12(8-21-13)14(18)19/h6-9H,1-5H2,(H,18,19). The predicted octanol–water partition coefficient (Wildman–Crippen LogP) is 3.94. The van der Waals surface area contributed by atoms with E-state index in [0.717, 1.165) is 42.5 Å². The average Bonchev–Trinajstić information content (AvgIpc) is 3.09. The summed E-state index contributed by atoms with van der Waals surface area (Å²) >= 11 is 9.24. The van der Waals surface area contributed by atoms with Gasteiger partial charge < -0.3 is 5.11 Å². The van der Waals surface area contributed by atoms with Gasteiger partial charge in [0, 0.05) is 29.8 Å². The van der Waals surface area contributed by atoms with Crippen LogP contribution in [0.3, 0.4) is 0 Å². The summed E-state index contributed by atoms with van der Waals surface area (Å²) in [6.07, 6.45) is 2.18. The van der Waals surface area contributed by atoms with Gasteiger partial charge in [0.2, 0.25) is 0 Å². The highest BCUT2D eigenvalue weighted by atomic mass is 35.5. The van der Waals surface area contributed by atoms with Gasteiger partial charge in [-0.05, 0) is 30.3 Å². The Hall–Kier alpha value is -0.950. The molecule has 4 nitrogen and oxygen atoms in total. The molecule has 0 aromatic carbocycles. The minimum Gasteiger partial charge on any atom is -0.476 e. The summed E-state index contributed by atoms with van der Waals surface area (Å²) < 4.78 is 0. The maximum atomic E-state index is 10.9. The monoisotopic (exact) mass is 342 g/mol. The van der Waals surface area contributed by atoms with E-state index in [2.05, 4.69) is 15.3 Å². The second kappa shape index (κ2) is 6.44. The summed E-state index contributed by atoms with van der Waals surface area (Å²) in [4.78, 5) is 17.6. The van der Waals surface area contributed by atoms with Crippen molar-refractivity contribution in [3.05, 3.63) is 37.4 Å². The molecule has 0 bridgehead atoms. The van der Waals surface area contributed by atoms with Crippen molar-refractivity contribution >= 4 is 40.2 Å². The van der Waals surface area contributed by atoms with Crippen molar-refractivity contribution in [2.24, 2.45) is 0 Å². The van der Waals surface area contributed by atoms with Crippen molar-refractivity contribution in [2.45, 2.75) is 25.3 Å². The van der Waals surface area contributed by atoms with Gasteiger partial charge in [-0.15, -0.1) is 11.3 Å². The first-order valence-electron chi connectivity index (χ1n) is 6.75. The number of hydrogen-bond donors (Lipinski definition) is 1. The number of rotatable bonds is 4. The lowest BCUT2D eigenvalue weighted by atomic mass is 9.98. The number of piperidine rings is 1. The van der Waals surface area contributed by atoms with E-state index in [1.807, 2.05) is 5.38 Å². The summed E-state index contributed by atoms with van der Waals surface area (Å²) in [6, 6.07) is 0. The van der Waals surface area contributed by atoms with Gasteiger partial charge in [-0.1, -0.05) is 11.6 Å². The molecule has 0 saturated carbocycles. The zero-order chi connectivity index (χ0) is 14.8. The SMILES string of the molecule is O=C(O)c1csc(C2CCCN(Cc3cscc3Cl)C2)n1. The van der Waals surface area contributed by atoms with Crippen LogP contribution in [0.5, 0.6) is 0 Å². The van der Waals surface area contributed by atoms with Crippen LogP contribution in [-0.4, -0.2) is 34.0 Å². The van der Waals surface area contributed by atoms with Crippen LogP contribution < -0.4 is 0 Å². The van der Waals surface area contributed by atoms with Gasteiger partial charge in [-0.3, -0.25) is 4.90 Å². The first-order chi connectivity index (χ1) is 10.1. The molecule has 112 valence electrons. The van der Waals surface area contributed by atoms with E-state index in [-0.39, 0.29) is 5.69 Å². The Balaban J connectivity index is 1.67. The molecule has 1 fully saturated rings. The van der Waals surface area contributed by atoms with E-state index in [4.69, 9.17) is 16.7 Å². The Morgan fingerprint density at radius 1 is 1.48 bits per heavy atom. The molecule has 1 N–H and O–H groups in total. The number of halogens is 1. The number of carboxylic acid groups (broad SMARTS) is 1. The molecule has 2 aromatic rings. The molecule has 1 unspecified atom stereocenters. The summed E-state index contributed by atoms with van der Waals surface area (Å²) in [5.41, 5.74) is 1.33. The van der Waals surface area contributed by atoms with E-state index in [9.17, 15) is 4.79 Å². The number of nitrogens with zero attached hydrogens (tertiary/aromatic N) is 2. The van der Waals surface area contributed by atoms with Gasteiger partial charge in [0.05, 0.1) is 10.0 Å². The van der Waals surface area contributed by atoms with Crippen molar-refractivity contribution in [2.75, 3.05) is 13.1 Å². The fourth-order valence-electron chi connectivity index (χ4n) is 2.64. The van der Waals surface area contributed by atoms with Crippen molar-refractivity contribution in [1.29, 1.82) is 0 Å². The number of likely N-dealkylation sites (tertiary alicyclic amines) is 1. The zero-order valence-electron chi connectivity index (χ0n) is 11.3. The second-order valence-electron chi connectivity index (χ2n) is 5.20. The first-order valence-corrected chi connectivity index (χ1v) is 8.95. The number of carbonyl (C=O) groups is 1. The van der Waals surface area contributed by atoms with Gasteiger partial charge in [-0.2, -0.15) is 11.3 Å². The number of thiazole rings is 1. The molecule has 2 aromatic heterocycles. The molecule has 0 amide bonds. The molecular formula is C14H15ClN2O2S2. The molecule has 1 aliphatic rings. The fraction of sp³-hybridized carbons (Fsp3) is 0.429. The van der Waals surface area contributed by atoms with Gasteiger partial charge in [0.1, 0.15) is 0 Å². The van der Waals surface area contributed by atoms with Gasteiger partial charge >= 0.3 is 5.97 Å². The van der Waals surface area contributed by atoms with Crippen LogP contribution in [0.1, 0.15) is 39.8 Å². The summed E-state index contributed by atoms with van der Waals surface area (Å²) in [7, 11) is 0. The predicted molar refractivity (Wildman–Crippen MR) is 85.7 cm³/mol. The highest BCUT2D eigenvalue weighted by molar-refractivity contribution is 7.10. The maximum Gasteiger partial charge on any atom is 0.355 e. The van der Waals surface area contributed by atoms with Crippen molar-refractivity contribution in [3.8, 4) is 0 Å². The lowest BCUT2D eigenvalue weighted by Gasteiger charge is -2.31. The maximum absolute atomic E-state index is 10.9. The summed E-state index contributed by atoms with van der Waals surface area (Å²) in [5.74, 6) is -0.621. The lowest BCUT2D eigenvalue weighted by Crippen LogP contribution is -2.33. The summed E-state index contributed by atoms with van der Waals surface area (Å²) in [6.45, 7) is 2.83. The molecule has 7 heteroatoms. The highest BCUT2D eigenvalue weighted by Gasteiger charge is 2.25. The molecule has 21 heavy (non-hydrogen) atoms. The fourth-order valence-corrected chi connectivity index (χ4v) is 4.60. The largest absolute Gasteiger partial charge is 0.476 e. The normalized spacial score (nSPS) is 19.8. The van der Waals surface area contributed by atoms with E-state index >= 15 is 0 Å². The van der Waals surface area contributed by atoms with Crippen LogP contribution >= 0.6 is 34.3 Å². The Labute approximate surface area is 136 Å². The molecule has 0 aliphatic carbocycles. The zero-order valence-corrected chi connectivity index (χ0v) is 13.7. The molecule has 1 atom stereocenters. The highest BCUT2D eigenvalue weighted by Crippen LogP contribution is 2.31. The number of aromatic carboxylic acids is 1. The number of thiophene rings is 1. The Bertz CT molecular complexity index is 640. The summed E-state index contributed by atoms with van der Waals surface area (Å²) in [5, 5.41) is 16.4. The lowest BCUT2D eigenvalue weighted by molar-refractivity contribution is 0.0691. The smallest absolute Gasteiger partial charge is 0.355 e. The molecule has 0 radical (unpaired) electrons. The topological polar surface area (TPSA) is 53.4 Å². The number of aromatic nitrogens is 1. The number of carboxylic acids is 1. The van der Waals surface area contributed by atoms with Crippen LogP contribution in [-0.2, 0) is 6.54 Å². The third-order valence-electron chi connectivity index (χ3n) is 3.68. The van der Waals surface area contributed by atoms with Crippen LogP contribution in [0.15, 0.2) is 16.1 Å². The van der Waals surface area contributed by atoms with Crippen molar-refractivity contribution in [3.63, 3.8) is 0 Å². The van der Waals surface area contributed by atoms with Crippen LogP contribution in [0.2, 0.25) is 5.02 Å². The molecule has 3 heterocycles. The van der Waals surface area contributed by atoms with Crippen molar-refractivity contribution < 1.29 is 9.90 Å². The minimum absolute atomic E-state index is 0.160. The molecule has 3 rings (SSSR count). The molecular weight excluding hydrogens is 328 g/mol. The van der Waals surface area contributed by atoms with E-state index in [1.165, 1.54) is 16.9 Å². The third kappa shape index (κ3) is 3.45. The quantitative estimate of drug-likeness (QED) is 0.914. The average molecular weight is 343 g/mol. The first kappa shape index (κ1) is 15.0. The van der Waals surface area contributed by atoms with E-state index in [1.54, 1.807) is 16.7 Å². The number of hydrogen-bond acceptors (Lipinski definition) is 5. The molecule has 1 saturated heterocycles. The van der Waals surface area contributed by atoms with E-state index < -0.39 is 5.97 Å². The second-order valence-corrected chi connectivity index (χ2v) is 7.24. The Morgan fingerprint density at radius 3 is 3.00 bits per heavy atom. The van der Waals surface area contributed by atoms with Crippen LogP contribution in [0, 0.1) is 0 Å². The van der Waals surface area contributed by atoms with Crippen LogP contribution in [0.4, 0.5) is 0 Å². The van der Waals surface area contributed by atoms with Crippen molar-refractivity contribution in [1.82, 2.24) is 9.88 Å². The van der Waals surface area contributed by atoms with Gasteiger partial charge in [0.15, 0.2) is 5.69 Å². The third-order valence-corrected chi connectivity index (χ3v) is 5.96. The Kier molecular flexibility index (Phi) is 4.59. The van der Waals surface area contributed by atoms with E-state index in [0.29, 0.717) is 5.92 Å². The molecule has 1 aliphatic heterocycles. The van der Waals surface area contributed by atoms with Crippen LogP contribution in [0.25, 0.3) is 0 Å².